The van der Waals surface area contributed by atoms with Gasteiger partial charge in [-0.3, -0.25) is 9.59 Å². The number of aliphatic carboxylic acids is 1. The number of ether oxygens (including phenoxy) is 1. The predicted octanol–water partition coefficient (Wildman–Crippen LogP) is 4.15. The summed E-state index contributed by atoms with van der Waals surface area (Å²) in [5.41, 5.74) is 2.81. The molecule has 2 heterocycles. The van der Waals surface area contributed by atoms with Crippen molar-refractivity contribution in [1.29, 1.82) is 0 Å². The first-order valence-electron chi connectivity index (χ1n) is 12.4. The number of hydrogen-bond acceptors (Lipinski definition) is 5. The average molecular weight is 525 g/mol. The minimum atomic E-state index is -3.82. The number of hydrogen-bond donors (Lipinski definition) is 1. The number of carboxylic acid groups (broad SMARTS) is 1. The van der Waals surface area contributed by atoms with Gasteiger partial charge in [-0.15, -0.1) is 0 Å². The third kappa shape index (κ3) is 5.78. The van der Waals surface area contributed by atoms with E-state index >= 15 is 0 Å². The van der Waals surface area contributed by atoms with Crippen LogP contribution in [0.5, 0.6) is 5.75 Å². The molecule has 0 radical (unpaired) electrons. The smallest absolute Gasteiger partial charge is 0.304 e. The van der Waals surface area contributed by atoms with Gasteiger partial charge < -0.3 is 14.4 Å². The highest BCUT2D eigenvalue weighted by Gasteiger charge is 2.33. The van der Waals surface area contributed by atoms with Gasteiger partial charge in [0, 0.05) is 31.3 Å². The molecule has 0 saturated heterocycles. The first-order chi connectivity index (χ1) is 17.6. The predicted molar refractivity (Wildman–Crippen MR) is 140 cm³/mol. The Bertz CT molecular complexity index is 1460. The van der Waals surface area contributed by atoms with E-state index in [2.05, 4.69) is 0 Å². The molecule has 9 heteroatoms. The number of fused-ring (bicyclic) bond motifs is 1. The lowest BCUT2D eigenvalue weighted by atomic mass is 9.87. The summed E-state index contributed by atoms with van der Waals surface area (Å²) in [5.74, 6) is -1.20. The maximum Gasteiger partial charge on any atom is 0.304 e. The molecule has 1 aromatic heterocycles. The second-order valence-corrected chi connectivity index (χ2v) is 11.4. The zero-order valence-corrected chi connectivity index (χ0v) is 22.1. The maximum atomic E-state index is 13.5. The molecule has 1 aliphatic heterocycles. The van der Waals surface area contributed by atoms with Gasteiger partial charge in [0.2, 0.25) is 10.0 Å². The molecule has 0 spiro atoms. The van der Waals surface area contributed by atoms with E-state index in [-0.39, 0.29) is 36.1 Å². The van der Waals surface area contributed by atoms with Crippen molar-refractivity contribution in [2.75, 3.05) is 6.54 Å². The van der Waals surface area contributed by atoms with E-state index in [1.807, 2.05) is 39.0 Å². The van der Waals surface area contributed by atoms with Crippen molar-refractivity contribution in [3.8, 4) is 5.75 Å². The van der Waals surface area contributed by atoms with Crippen LogP contribution in [0.1, 0.15) is 54.9 Å². The summed E-state index contributed by atoms with van der Waals surface area (Å²) in [6, 6.07) is 15.5. The highest BCUT2D eigenvalue weighted by molar-refractivity contribution is 7.89. The topological polar surface area (TPSA) is 106 Å². The van der Waals surface area contributed by atoms with Crippen molar-refractivity contribution in [2.45, 2.75) is 63.6 Å². The number of rotatable bonds is 8. The van der Waals surface area contributed by atoms with E-state index < -0.39 is 21.9 Å². The van der Waals surface area contributed by atoms with Crippen LogP contribution in [-0.4, -0.2) is 41.0 Å². The second kappa shape index (κ2) is 10.9. The highest BCUT2D eigenvalue weighted by Crippen LogP contribution is 2.33. The van der Waals surface area contributed by atoms with Crippen LogP contribution in [0.25, 0.3) is 0 Å². The molecule has 4 rings (SSSR count). The summed E-state index contributed by atoms with van der Waals surface area (Å²) >= 11 is 0. The number of para-hydroxylation sites is 1. The molecule has 2 atom stereocenters. The lowest BCUT2D eigenvalue weighted by Gasteiger charge is -2.24. The lowest BCUT2D eigenvalue weighted by Crippen LogP contribution is -2.35. The van der Waals surface area contributed by atoms with Crippen LogP contribution in [0.4, 0.5) is 0 Å². The minimum absolute atomic E-state index is 0.113. The summed E-state index contributed by atoms with van der Waals surface area (Å²) < 4.78 is 35.9. The molecule has 8 nitrogen and oxygen atoms in total. The van der Waals surface area contributed by atoms with Crippen LogP contribution < -0.4 is 10.3 Å². The molecule has 0 bridgehead atoms. The molecular formula is C28H32N2O6S. The summed E-state index contributed by atoms with van der Waals surface area (Å²) in [6.07, 6.45) is 1.97. The molecule has 0 fully saturated rings. The van der Waals surface area contributed by atoms with Crippen LogP contribution in [0, 0.1) is 6.92 Å². The van der Waals surface area contributed by atoms with Gasteiger partial charge in [-0.2, -0.15) is 4.31 Å². The summed E-state index contributed by atoms with van der Waals surface area (Å²) in [7, 11) is -3.82. The molecule has 3 aromatic rings. The van der Waals surface area contributed by atoms with Crippen molar-refractivity contribution in [3.63, 3.8) is 0 Å². The number of pyridine rings is 1. The Labute approximate surface area is 217 Å². The largest absolute Gasteiger partial charge is 0.488 e. The number of sulfonamides is 1. The summed E-state index contributed by atoms with van der Waals surface area (Å²) in [6.45, 7) is 6.59. The molecule has 37 heavy (non-hydrogen) atoms. The second-order valence-electron chi connectivity index (χ2n) is 9.50. The fraction of sp³-hybridized carbons (Fsp3) is 0.357. The van der Waals surface area contributed by atoms with Gasteiger partial charge in [-0.25, -0.2) is 8.42 Å². The van der Waals surface area contributed by atoms with Crippen molar-refractivity contribution in [2.24, 2.45) is 0 Å². The van der Waals surface area contributed by atoms with E-state index in [1.54, 1.807) is 41.1 Å². The molecule has 1 N–H and O–H groups in total. The Morgan fingerprint density at radius 1 is 1.14 bits per heavy atom. The third-order valence-electron chi connectivity index (χ3n) is 6.64. The van der Waals surface area contributed by atoms with Crippen LogP contribution in [0.3, 0.4) is 0 Å². The number of carboxylic acids is 1. The van der Waals surface area contributed by atoms with Gasteiger partial charge in [0.25, 0.3) is 5.56 Å². The first-order valence-corrected chi connectivity index (χ1v) is 13.8. The van der Waals surface area contributed by atoms with E-state index in [9.17, 15) is 23.1 Å². The monoisotopic (exact) mass is 524 g/mol. The average Bonchev–Trinajstić information content (AvgIpc) is 2.93. The van der Waals surface area contributed by atoms with E-state index in [0.717, 1.165) is 17.5 Å². The van der Waals surface area contributed by atoms with Crippen molar-refractivity contribution in [1.82, 2.24) is 8.87 Å². The molecule has 0 aliphatic carbocycles. The third-order valence-corrected chi connectivity index (χ3v) is 8.49. The highest BCUT2D eigenvalue weighted by atomic mass is 32.2. The van der Waals surface area contributed by atoms with E-state index in [0.29, 0.717) is 23.4 Å². The fourth-order valence-electron chi connectivity index (χ4n) is 4.72. The summed E-state index contributed by atoms with van der Waals surface area (Å²) in [5, 5.41) is 9.64. The van der Waals surface area contributed by atoms with E-state index in [1.165, 1.54) is 10.4 Å². The molecule has 196 valence electrons. The normalized spacial score (nSPS) is 17.9. The van der Waals surface area contributed by atoms with E-state index in [4.69, 9.17) is 4.74 Å². The van der Waals surface area contributed by atoms with Crippen molar-refractivity contribution >= 4 is 16.0 Å². The lowest BCUT2D eigenvalue weighted by molar-refractivity contribution is -0.137. The molecule has 0 amide bonds. The zero-order chi connectivity index (χ0) is 26.7. The van der Waals surface area contributed by atoms with Gasteiger partial charge in [0.1, 0.15) is 16.7 Å². The zero-order valence-electron chi connectivity index (χ0n) is 21.3. The minimum Gasteiger partial charge on any atom is -0.488 e. The number of aromatic nitrogens is 1. The molecule has 0 saturated carbocycles. The Morgan fingerprint density at radius 2 is 1.86 bits per heavy atom. The molecule has 2 aromatic carbocycles. The quantitative estimate of drug-likeness (QED) is 0.475. The number of aryl methyl sites for hydroxylation is 2. The standard InChI is InChI=1S/C28H32N2O6S/c1-4-12-29-13-11-22(15-27(29)31)24(16-28(32)33)21-10-9-19(2)23(14-21)18-30-17-20(3)36-25-7-5-6-8-26(25)37(30,34)35/h5-11,13-15,20,24H,4,12,16-18H2,1-3H3,(H,32,33). The van der Waals surface area contributed by atoms with Gasteiger partial charge in [-0.1, -0.05) is 37.3 Å². The van der Waals surface area contributed by atoms with Gasteiger partial charge >= 0.3 is 5.97 Å². The number of benzene rings is 2. The van der Waals surface area contributed by atoms with Crippen molar-refractivity contribution in [3.05, 3.63) is 93.4 Å². The van der Waals surface area contributed by atoms with Crippen LogP contribution in [0.15, 0.2) is 70.5 Å². The Balaban J connectivity index is 1.72. The maximum absolute atomic E-state index is 13.5. The molecule has 1 aliphatic rings. The van der Waals surface area contributed by atoms with Crippen LogP contribution in [0.2, 0.25) is 0 Å². The Hall–Kier alpha value is -3.43. The number of nitrogens with zero attached hydrogens (tertiary/aromatic N) is 2. The first kappa shape index (κ1) is 26.6. The molecule has 2 unspecified atom stereocenters. The van der Waals surface area contributed by atoms with Crippen LogP contribution in [-0.2, 0) is 27.9 Å². The van der Waals surface area contributed by atoms with Gasteiger partial charge in [0.15, 0.2) is 0 Å². The van der Waals surface area contributed by atoms with Gasteiger partial charge in [0.05, 0.1) is 13.0 Å². The molecular weight excluding hydrogens is 492 g/mol. The van der Waals surface area contributed by atoms with Crippen LogP contribution >= 0.6 is 0 Å². The number of carbonyl (C=O) groups is 1. The summed E-state index contributed by atoms with van der Waals surface area (Å²) in [4.78, 5) is 24.5. The fourth-order valence-corrected chi connectivity index (χ4v) is 6.34. The SMILES string of the molecule is CCCn1ccc(C(CC(=O)O)c2ccc(C)c(CN3CC(C)Oc4ccccc4S3(=O)=O)c2)cc1=O. The Morgan fingerprint density at radius 3 is 2.57 bits per heavy atom. The van der Waals surface area contributed by atoms with Gasteiger partial charge in [-0.05, 0) is 60.7 Å². The van der Waals surface area contributed by atoms with Crippen molar-refractivity contribution < 1.29 is 23.1 Å². The Kier molecular flexibility index (Phi) is 7.85.